The number of para-hydroxylation sites is 1. The molecule has 0 fully saturated rings. The number of esters is 1. The molecule has 9 heteroatoms. The van der Waals surface area contributed by atoms with Crippen LogP contribution in [0.15, 0.2) is 71.8 Å². The second-order valence-electron chi connectivity index (χ2n) is 7.19. The second-order valence-corrected chi connectivity index (χ2v) is 8.62. The van der Waals surface area contributed by atoms with E-state index in [1.54, 1.807) is 61.7 Å². The van der Waals surface area contributed by atoms with Crippen LogP contribution in [0.2, 0.25) is 5.02 Å². The highest BCUT2D eigenvalue weighted by Gasteiger charge is 2.19. The normalized spacial score (nSPS) is 10.9. The van der Waals surface area contributed by atoms with Gasteiger partial charge in [0.25, 0.3) is 5.91 Å². The number of hydrogen-bond acceptors (Lipinski definition) is 7. The van der Waals surface area contributed by atoms with Crippen molar-refractivity contribution in [2.75, 3.05) is 13.7 Å². The molecule has 178 valence electrons. The van der Waals surface area contributed by atoms with Crippen LogP contribution in [0.25, 0.3) is 10.1 Å². The van der Waals surface area contributed by atoms with E-state index < -0.39 is 5.97 Å². The summed E-state index contributed by atoms with van der Waals surface area (Å²) in [6.07, 6.45) is 1.49. The Morgan fingerprint density at radius 3 is 2.54 bits per heavy atom. The molecule has 0 bridgehead atoms. The van der Waals surface area contributed by atoms with E-state index in [2.05, 4.69) is 10.5 Å². The third kappa shape index (κ3) is 5.62. The van der Waals surface area contributed by atoms with Gasteiger partial charge in [0.2, 0.25) is 0 Å². The van der Waals surface area contributed by atoms with Gasteiger partial charge in [0.1, 0.15) is 22.1 Å². The number of fused-ring (bicyclic) bond motifs is 1. The summed E-state index contributed by atoms with van der Waals surface area (Å²) in [4.78, 5) is 25.4. The Balaban J connectivity index is 1.39. The van der Waals surface area contributed by atoms with Crippen LogP contribution in [-0.4, -0.2) is 31.8 Å². The van der Waals surface area contributed by atoms with Gasteiger partial charge in [-0.25, -0.2) is 10.2 Å². The van der Waals surface area contributed by atoms with E-state index in [4.69, 9.17) is 25.8 Å². The number of hydrogen-bond donors (Lipinski definition) is 1. The number of nitrogens with one attached hydrogen (secondary N) is 1. The number of halogens is 1. The van der Waals surface area contributed by atoms with Crippen molar-refractivity contribution < 1.29 is 23.8 Å². The topological polar surface area (TPSA) is 86.2 Å². The lowest BCUT2D eigenvalue weighted by Gasteiger charge is -2.08. The molecule has 3 aromatic carbocycles. The lowest BCUT2D eigenvalue weighted by molar-refractivity contribution is 0.0739. The number of carbonyl (C=O) groups is 2. The molecule has 0 aliphatic heterocycles. The van der Waals surface area contributed by atoms with Gasteiger partial charge in [-0.1, -0.05) is 23.7 Å². The average Bonchev–Trinajstić information content (AvgIpc) is 3.21. The Kier molecular flexibility index (Phi) is 7.64. The minimum atomic E-state index is -0.545. The van der Waals surface area contributed by atoms with Crippen LogP contribution in [-0.2, 0) is 0 Å². The first-order valence-electron chi connectivity index (χ1n) is 10.6. The summed E-state index contributed by atoms with van der Waals surface area (Å²) in [5, 5.41) is 5.11. The summed E-state index contributed by atoms with van der Waals surface area (Å²) >= 11 is 7.65. The molecule has 4 aromatic rings. The maximum absolute atomic E-state index is 12.7. The summed E-state index contributed by atoms with van der Waals surface area (Å²) in [5.74, 6) is 0.604. The number of hydrazone groups is 1. The van der Waals surface area contributed by atoms with Crippen molar-refractivity contribution in [3.8, 4) is 17.2 Å². The molecule has 7 nitrogen and oxygen atoms in total. The van der Waals surface area contributed by atoms with E-state index in [9.17, 15) is 9.59 Å². The number of carbonyl (C=O) groups excluding carboxylic acids is 2. The largest absolute Gasteiger partial charge is 0.497 e. The van der Waals surface area contributed by atoms with Gasteiger partial charge in [0.05, 0.1) is 30.5 Å². The first kappa shape index (κ1) is 24.3. The lowest BCUT2D eigenvalue weighted by Crippen LogP contribution is -2.18. The van der Waals surface area contributed by atoms with Crippen LogP contribution in [0, 0.1) is 0 Å². The third-order valence-electron chi connectivity index (χ3n) is 4.92. The Hall–Kier alpha value is -3.88. The molecule has 1 amide bonds. The van der Waals surface area contributed by atoms with Crippen molar-refractivity contribution >= 4 is 51.1 Å². The van der Waals surface area contributed by atoms with Crippen molar-refractivity contribution in [1.29, 1.82) is 0 Å². The van der Waals surface area contributed by atoms with Crippen molar-refractivity contribution in [2.45, 2.75) is 6.92 Å². The molecule has 4 rings (SSSR count). The van der Waals surface area contributed by atoms with Crippen molar-refractivity contribution in [3.05, 3.63) is 87.8 Å². The number of nitrogens with zero attached hydrogens (tertiary/aromatic N) is 1. The summed E-state index contributed by atoms with van der Waals surface area (Å²) in [7, 11) is 1.58. The predicted molar refractivity (Wildman–Crippen MR) is 137 cm³/mol. The maximum atomic E-state index is 12.7. The molecule has 0 aliphatic rings. The van der Waals surface area contributed by atoms with E-state index >= 15 is 0 Å². The van der Waals surface area contributed by atoms with Gasteiger partial charge >= 0.3 is 5.97 Å². The Morgan fingerprint density at radius 2 is 1.80 bits per heavy atom. The van der Waals surface area contributed by atoms with Gasteiger partial charge < -0.3 is 14.2 Å². The summed E-state index contributed by atoms with van der Waals surface area (Å²) < 4.78 is 17.0. The highest BCUT2D eigenvalue weighted by Crippen LogP contribution is 2.37. The summed E-state index contributed by atoms with van der Waals surface area (Å²) in [6.45, 7) is 2.30. The highest BCUT2D eigenvalue weighted by atomic mass is 35.5. The van der Waals surface area contributed by atoms with Crippen LogP contribution in [0.4, 0.5) is 0 Å². The van der Waals surface area contributed by atoms with Gasteiger partial charge in [-0.3, -0.25) is 4.79 Å². The van der Waals surface area contributed by atoms with E-state index in [1.807, 2.05) is 19.1 Å². The Bertz CT molecular complexity index is 1400. The number of ether oxygens (including phenoxy) is 3. The lowest BCUT2D eigenvalue weighted by atomic mass is 10.2. The third-order valence-corrected chi connectivity index (χ3v) is 6.56. The zero-order chi connectivity index (χ0) is 24.8. The molecule has 1 heterocycles. The van der Waals surface area contributed by atoms with Crippen LogP contribution in [0.1, 0.15) is 32.5 Å². The van der Waals surface area contributed by atoms with Crippen LogP contribution >= 0.6 is 22.9 Å². The molecule has 0 unspecified atom stereocenters. The standard InChI is InChI=1S/C26H21ClN2O5S/c1-3-33-21-7-5-4-6-19(21)25(30)29-28-15-16-8-10-17(11-9-16)34-26(31)24-23(27)20-13-12-18(32-2)14-22(20)35-24/h4-15H,3H2,1-2H3,(H,29,30)/b28-15-. The molecule has 0 radical (unpaired) electrons. The second kappa shape index (κ2) is 11.0. The fourth-order valence-electron chi connectivity index (χ4n) is 3.24. The van der Waals surface area contributed by atoms with Gasteiger partial charge in [-0.15, -0.1) is 11.3 Å². The molecular formula is C26H21ClN2O5S. The van der Waals surface area contributed by atoms with E-state index in [0.717, 1.165) is 10.1 Å². The maximum Gasteiger partial charge on any atom is 0.355 e. The fraction of sp³-hybridized carbons (Fsp3) is 0.115. The van der Waals surface area contributed by atoms with Gasteiger partial charge in [0, 0.05) is 10.1 Å². The first-order chi connectivity index (χ1) is 17.0. The number of methoxy groups -OCH3 is 1. The van der Waals surface area contributed by atoms with Crippen LogP contribution in [0.3, 0.4) is 0 Å². The van der Waals surface area contributed by atoms with E-state index in [-0.39, 0.29) is 5.91 Å². The average molecular weight is 509 g/mol. The number of rotatable bonds is 8. The van der Waals surface area contributed by atoms with Gasteiger partial charge in [-0.05, 0) is 67.1 Å². The molecule has 0 aliphatic carbocycles. The number of thiophene rings is 1. The van der Waals surface area contributed by atoms with Crippen LogP contribution in [0.5, 0.6) is 17.2 Å². The summed E-state index contributed by atoms with van der Waals surface area (Å²) in [6, 6.07) is 19.1. The minimum Gasteiger partial charge on any atom is -0.497 e. The molecule has 0 spiro atoms. The molecule has 1 N–H and O–H groups in total. The summed E-state index contributed by atoms with van der Waals surface area (Å²) in [5.41, 5.74) is 3.58. The Labute approximate surface area is 210 Å². The first-order valence-corrected chi connectivity index (χ1v) is 11.8. The van der Waals surface area contributed by atoms with Gasteiger partial charge in [0.15, 0.2) is 0 Å². The van der Waals surface area contributed by atoms with Crippen molar-refractivity contribution in [1.82, 2.24) is 5.43 Å². The zero-order valence-corrected chi connectivity index (χ0v) is 20.5. The SMILES string of the molecule is CCOc1ccccc1C(=O)N/N=C\c1ccc(OC(=O)c2sc3cc(OC)ccc3c2Cl)cc1. The molecule has 1 aromatic heterocycles. The fourth-order valence-corrected chi connectivity index (χ4v) is 4.65. The smallest absolute Gasteiger partial charge is 0.355 e. The molecule has 0 saturated heterocycles. The van der Waals surface area contributed by atoms with Gasteiger partial charge in [-0.2, -0.15) is 5.10 Å². The van der Waals surface area contributed by atoms with E-state index in [1.165, 1.54) is 17.6 Å². The highest BCUT2D eigenvalue weighted by molar-refractivity contribution is 7.21. The quantitative estimate of drug-likeness (QED) is 0.138. The van der Waals surface area contributed by atoms with E-state index in [0.29, 0.717) is 44.9 Å². The van der Waals surface area contributed by atoms with Crippen molar-refractivity contribution in [3.63, 3.8) is 0 Å². The zero-order valence-electron chi connectivity index (χ0n) is 18.9. The molecular weight excluding hydrogens is 488 g/mol. The molecule has 35 heavy (non-hydrogen) atoms. The monoisotopic (exact) mass is 508 g/mol. The predicted octanol–water partition coefficient (Wildman–Crippen LogP) is 5.95. The van der Waals surface area contributed by atoms with Crippen LogP contribution < -0.4 is 19.6 Å². The van der Waals surface area contributed by atoms with Crippen molar-refractivity contribution in [2.24, 2.45) is 5.10 Å². The number of benzene rings is 3. The minimum absolute atomic E-state index is 0.315. The molecule has 0 atom stereocenters. The molecule has 0 saturated carbocycles. The number of amides is 1. The Morgan fingerprint density at radius 1 is 1.06 bits per heavy atom.